The fraction of sp³-hybridized carbons (Fsp3) is 0.462. The summed E-state index contributed by atoms with van der Waals surface area (Å²) >= 11 is 6.18. The number of nitrogens with zero attached hydrogens (tertiary/aromatic N) is 5. The Kier molecular flexibility index (Phi) is 6.68. The summed E-state index contributed by atoms with van der Waals surface area (Å²) in [5.41, 5.74) is 3.47. The van der Waals surface area contributed by atoms with Gasteiger partial charge in [0.25, 0.3) is 11.5 Å². The maximum absolute atomic E-state index is 13.2. The summed E-state index contributed by atoms with van der Waals surface area (Å²) in [5.74, 6) is -3.30. The fourth-order valence-electron chi connectivity index (χ4n) is 4.98. The lowest BCUT2D eigenvalue weighted by Crippen LogP contribution is -2.38. The van der Waals surface area contributed by atoms with Crippen LogP contribution in [0.3, 0.4) is 0 Å². The van der Waals surface area contributed by atoms with Gasteiger partial charge in [0.1, 0.15) is 23.0 Å². The number of oxime groups is 1. The van der Waals surface area contributed by atoms with Crippen LogP contribution >= 0.6 is 11.6 Å². The van der Waals surface area contributed by atoms with Crippen molar-refractivity contribution in [2.45, 2.75) is 44.1 Å². The molecule has 0 amide bonds. The number of halogens is 3. The number of rotatable bonds is 7. The van der Waals surface area contributed by atoms with E-state index in [2.05, 4.69) is 20.0 Å². The molecule has 3 aromatic heterocycles. The molecule has 190 valence electrons. The van der Waals surface area contributed by atoms with Gasteiger partial charge in [-0.05, 0) is 49.9 Å². The van der Waals surface area contributed by atoms with Crippen LogP contribution < -0.4 is 10.5 Å². The minimum absolute atomic E-state index is 0.0903. The molecule has 2 aliphatic rings. The molecule has 5 rings (SSSR count). The van der Waals surface area contributed by atoms with Gasteiger partial charge in [0.05, 0.1) is 22.8 Å². The first-order valence-electron chi connectivity index (χ1n) is 12.1. The Morgan fingerprint density at radius 3 is 2.67 bits per heavy atom. The second kappa shape index (κ2) is 9.76. The number of fused-ring (bicyclic) bond motifs is 1. The molecule has 3 aromatic rings. The fourth-order valence-corrected chi connectivity index (χ4v) is 5.13. The molecule has 7 nitrogen and oxygen atoms in total. The van der Waals surface area contributed by atoms with Crippen LogP contribution in [0.2, 0.25) is 5.15 Å². The highest BCUT2D eigenvalue weighted by Gasteiger charge is 2.57. The van der Waals surface area contributed by atoms with Gasteiger partial charge in [0, 0.05) is 44.7 Å². The number of anilines is 1. The van der Waals surface area contributed by atoms with E-state index in [4.69, 9.17) is 16.4 Å². The van der Waals surface area contributed by atoms with Gasteiger partial charge >= 0.3 is 0 Å². The maximum atomic E-state index is 13.2. The molecule has 0 saturated heterocycles. The van der Waals surface area contributed by atoms with E-state index in [9.17, 15) is 13.6 Å². The summed E-state index contributed by atoms with van der Waals surface area (Å²) in [5, 5.41) is 4.68. The van der Waals surface area contributed by atoms with Crippen LogP contribution in [0.4, 0.5) is 14.5 Å². The summed E-state index contributed by atoms with van der Waals surface area (Å²) in [4.78, 5) is 29.1. The van der Waals surface area contributed by atoms with E-state index in [1.54, 1.807) is 29.9 Å². The number of aromatic nitrogens is 3. The van der Waals surface area contributed by atoms with Crippen LogP contribution in [0.25, 0.3) is 11.0 Å². The van der Waals surface area contributed by atoms with Gasteiger partial charge in [-0.15, -0.1) is 0 Å². The van der Waals surface area contributed by atoms with Crippen molar-refractivity contribution in [1.82, 2.24) is 14.5 Å². The number of hydrogen-bond donors (Lipinski definition) is 0. The van der Waals surface area contributed by atoms with E-state index in [0.29, 0.717) is 22.1 Å². The molecule has 0 N–H and O–H groups in total. The van der Waals surface area contributed by atoms with E-state index in [-0.39, 0.29) is 30.5 Å². The summed E-state index contributed by atoms with van der Waals surface area (Å²) < 4.78 is 28.1. The third kappa shape index (κ3) is 4.93. The monoisotopic (exact) mass is 515 g/mol. The zero-order valence-corrected chi connectivity index (χ0v) is 21.0. The van der Waals surface area contributed by atoms with E-state index in [1.165, 1.54) is 0 Å². The number of pyridine rings is 3. The third-order valence-electron chi connectivity index (χ3n) is 7.37. The van der Waals surface area contributed by atoms with Gasteiger partial charge in [-0.3, -0.25) is 9.78 Å². The summed E-state index contributed by atoms with van der Waals surface area (Å²) in [6.45, 7) is -0.0903. The third-order valence-corrected chi connectivity index (χ3v) is 7.58. The van der Waals surface area contributed by atoms with Gasteiger partial charge in [-0.1, -0.05) is 22.8 Å². The Labute approximate surface area is 212 Å². The second-order valence-electron chi connectivity index (χ2n) is 9.69. The lowest BCUT2D eigenvalue weighted by molar-refractivity contribution is 0.0566. The average molecular weight is 516 g/mol. The number of hydrogen-bond acceptors (Lipinski definition) is 6. The standard InChI is InChI=1S/C26H28ClF2N5O2/c1-33(21-13-23(35)34(2)20-10-11-22(27)31-25(20)21)18-8-6-16(7-9-18)24(19-5-3-4-12-30-19)32-36-15-17-14-26(17,28)29/h3-5,10-13,16-18H,6-9,14-15H2,1-2H3/b32-24-/t16?,17-,18?/m1/s1. The second-order valence-corrected chi connectivity index (χ2v) is 10.1. The Morgan fingerprint density at radius 2 is 2.00 bits per heavy atom. The Bertz CT molecular complexity index is 1340. The molecule has 0 spiro atoms. The van der Waals surface area contributed by atoms with Crippen LogP contribution in [0.15, 0.2) is 52.5 Å². The molecule has 3 heterocycles. The molecule has 0 radical (unpaired) electrons. The predicted octanol–water partition coefficient (Wildman–Crippen LogP) is 5.05. The van der Waals surface area contributed by atoms with E-state index in [0.717, 1.165) is 36.9 Å². The van der Waals surface area contributed by atoms with Crippen molar-refractivity contribution < 1.29 is 13.6 Å². The van der Waals surface area contributed by atoms with Crippen LogP contribution in [0, 0.1) is 11.8 Å². The summed E-state index contributed by atoms with van der Waals surface area (Å²) in [6.07, 6.45) is 4.90. The molecule has 36 heavy (non-hydrogen) atoms. The minimum atomic E-state index is -2.63. The van der Waals surface area contributed by atoms with Gasteiger partial charge in [0.15, 0.2) is 0 Å². The lowest BCUT2D eigenvalue weighted by atomic mass is 9.81. The quantitative estimate of drug-likeness (QED) is 0.250. The van der Waals surface area contributed by atoms with E-state index in [1.807, 2.05) is 31.3 Å². The first-order chi connectivity index (χ1) is 17.2. The molecule has 0 aromatic carbocycles. The first-order valence-corrected chi connectivity index (χ1v) is 12.5. The maximum Gasteiger partial charge on any atom is 0.255 e. The predicted molar refractivity (Wildman–Crippen MR) is 136 cm³/mol. The molecule has 0 bridgehead atoms. The molecule has 0 aliphatic heterocycles. The number of aryl methyl sites for hydroxylation is 1. The molecular formula is C26H28ClF2N5O2. The Balaban J connectivity index is 1.33. The van der Waals surface area contributed by atoms with E-state index >= 15 is 0 Å². The van der Waals surface area contributed by atoms with Crippen molar-refractivity contribution in [3.63, 3.8) is 0 Å². The normalized spacial score (nSPS) is 23.5. The summed E-state index contributed by atoms with van der Waals surface area (Å²) in [6, 6.07) is 10.9. The molecule has 1 atom stereocenters. The van der Waals surface area contributed by atoms with Crippen LogP contribution in [0.1, 0.15) is 37.8 Å². The zero-order chi connectivity index (χ0) is 25.4. The van der Waals surface area contributed by atoms with Crippen LogP contribution in [-0.4, -0.2) is 45.9 Å². The van der Waals surface area contributed by atoms with Crippen LogP contribution in [0.5, 0.6) is 0 Å². The number of alkyl halides is 2. The lowest BCUT2D eigenvalue weighted by Gasteiger charge is -2.36. The largest absolute Gasteiger partial charge is 0.395 e. The highest BCUT2D eigenvalue weighted by Crippen LogP contribution is 2.48. The van der Waals surface area contributed by atoms with Crippen molar-refractivity contribution in [2.24, 2.45) is 24.0 Å². The van der Waals surface area contributed by atoms with Crippen molar-refractivity contribution in [2.75, 3.05) is 18.6 Å². The molecule has 2 fully saturated rings. The molecule has 0 unspecified atom stereocenters. The van der Waals surface area contributed by atoms with Gasteiger partial charge in [-0.2, -0.15) is 0 Å². The zero-order valence-electron chi connectivity index (χ0n) is 20.2. The van der Waals surface area contributed by atoms with Crippen LogP contribution in [-0.2, 0) is 11.9 Å². The highest BCUT2D eigenvalue weighted by molar-refractivity contribution is 6.29. The Hall–Kier alpha value is -3.07. The van der Waals surface area contributed by atoms with Crippen molar-refractivity contribution in [3.05, 3.63) is 63.8 Å². The highest BCUT2D eigenvalue weighted by atomic mass is 35.5. The van der Waals surface area contributed by atoms with Crippen molar-refractivity contribution in [1.29, 1.82) is 0 Å². The minimum Gasteiger partial charge on any atom is -0.395 e. The van der Waals surface area contributed by atoms with Gasteiger partial charge in [-0.25, -0.2) is 13.8 Å². The molecular weight excluding hydrogens is 488 g/mol. The Morgan fingerprint density at radius 1 is 1.25 bits per heavy atom. The molecule has 2 aliphatic carbocycles. The smallest absolute Gasteiger partial charge is 0.255 e. The molecule has 10 heteroatoms. The van der Waals surface area contributed by atoms with E-state index < -0.39 is 11.8 Å². The SMILES string of the molecule is CN(c1cc(=O)n(C)c2ccc(Cl)nc12)C1CCC(/C(=N/OC[C@H]2CC2(F)F)c2ccccn2)CC1. The molecule has 2 saturated carbocycles. The van der Waals surface area contributed by atoms with Gasteiger partial charge < -0.3 is 14.3 Å². The van der Waals surface area contributed by atoms with Crippen molar-refractivity contribution >= 4 is 34.0 Å². The van der Waals surface area contributed by atoms with Crippen molar-refractivity contribution in [3.8, 4) is 0 Å². The summed E-state index contributed by atoms with van der Waals surface area (Å²) in [7, 11) is 3.70. The topological polar surface area (TPSA) is 72.6 Å². The average Bonchev–Trinajstić information content (AvgIpc) is 3.50. The van der Waals surface area contributed by atoms with Gasteiger partial charge in [0.2, 0.25) is 0 Å². The first kappa shape index (κ1) is 24.6.